The molecule has 1 aromatic rings. The number of esters is 1. The van der Waals surface area contributed by atoms with Gasteiger partial charge in [0.05, 0.1) is 34.8 Å². The molecule has 0 aromatic carbocycles. The summed E-state index contributed by atoms with van der Waals surface area (Å²) in [4.78, 5) is 55.3. The van der Waals surface area contributed by atoms with Crippen molar-refractivity contribution in [2.75, 3.05) is 0 Å². The van der Waals surface area contributed by atoms with Gasteiger partial charge in [0.25, 0.3) is 5.91 Å². The van der Waals surface area contributed by atoms with Gasteiger partial charge in [0.15, 0.2) is 11.9 Å². The number of nitrogens with one attached hydrogen (secondary N) is 1. The summed E-state index contributed by atoms with van der Waals surface area (Å²) in [5, 5.41) is 37.9. The number of nitrogens with zero attached hydrogens (tertiary/aromatic N) is 1. The molecule has 3 fully saturated rings. The first kappa shape index (κ1) is 44.4. The number of hydrogen-bond donors (Lipinski definition) is 4. The van der Waals surface area contributed by atoms with E-state index in [1.807, 2.05) is 26.8 Å². The van der Waals surface area contributed by atoms with Crippen LogP contribution in [0.1, 0.15) is 103 Å². The molecular formula is C46H58Cl2N2O10. The Bertz CT molecular complexity index is 2090. The van der Waals surface area contributed by atoms with Gasteiger partial charge in [-0.15, -0.1) is 0 Å². The van der Waals surface area contributed by atoms with Crippen LogP contribution in [-0.4, -0.2) is 79.8 Å². The number of hydrogen-bond acceptors (Lipinski definition) is 9. The van der Waals surface area contributed by atoms with Crippen molar-refractivity contribution < 1.29 is 48.7 Å². The molecule has 2 aliphatic heterocycles. The normalized spacial score (nSPS) is 41.8. The Morgan fingerprint density at radius 3 is 2.47 bits per heavy atom. The van der Waals surface area contributed by atoms with Crippen molar-refractivity contribution in [3.05, 3.63) is 80.9 Å². The van der Waals surface area contributed by atoms with Crippen molar-refractivity contribution in [2.24, 2.45) is 47.5 Å². The van der Waals surface area contributed by atoms with Gasteiger partial charge in [0, 0.05) is 36.8 Å². The van der Waals surface area contributed by atoms with Gasteiger partial charge >= 0.3 is 11.9 Å². The van der Waals surface area contributed by atoms with Gasteiger partial charge in [0.2, 0.25) is 5.78 Å². The molecule has 13 atom stereocenters. The number of ether oxygens (including phenoxy) is 3. The second-order valence-corrected chi connectivity index (χ2v) is 19.0. The van der Waals surface area contributed by atoms with Gasteiger partial charge in [-0.1, -0.05) is 86.0 Å². The fraction of sp³-hybridized carbons (Fsp3) is 0.609. The number of rotatable bonds is 7. The maximum Gasteiger partial charge on any atom is 0.346 e. The Morgan fingerprint density at radius 2 is 1.83 bits per heavy atom. The smallest absolute Gasteiger partial charge is 0.346 e. The van der Waals surface area contributed by atoms with Crippen LogP contribution in [0.2, 0.25) is 10.2 Å². The van der Waals surface area contributed by atoms with Crippen LogP contribution in [-0.2, 0) is 35.6 Å². The fourth-order valence-corrected chi connectivity index (χ4v) is 12.2. The standard InChI is InChI=1S/C46H58Cl2N2O10/c1-8-26-21-46-40(53)35(43(57)60-46)39(52)45(9-2)27(13-11-10-12-23(3)20-44(46,6)22-29(26)42(55)56)15-16-28-30(45)17-14-24(4)38(28)59-34-19-32(51)36(25(5)58-34)49-41(54)37-31(47)18-33(48)50(37)7/h10-11,15-16,18,20,22,24-28,30,32,34,36,38,51-52H,8-9,12-14,17,19,21H2,1-7H3,(H,49,54)(H,55,56)/b11-10+,23-20+,39-35-. The molecule has 1 spiro atoms. The average molecular weight is 870 g/mol. The number of carboxylic acid groups (broad SMARTS) is 1. The number of carboxylic acids is 1. The second kappa shape index (κ2) is 16.5. The number of aromatic nitrogens is 1. The van der Waals surface area contributed by atoms with Crippen molar-refractivity contribution in [1.82, 2.24) is 9.88 Å². The van der Waals surface area contributed by atoms with E-state index >= 15 is 4.79 Å². The first-order valence-electron chi connectivity index (χ1n) is 21.3. The van der Waals surface area contributed by atoms with Gasteiger partial charge in [0.1, 0.15) is 22.2 Å². The lowest BCUT2D eigenvalue weighted by Gasteiger charge is -2.55. The topological polar surface area (TPSA) is 174 Å². The number of aliphatic carboxylic acids is 1. The van der Waals surface area contributed by atoms with Gasteiger partial charge < -0.3 is 39.4 Å². The quantitative estimate of drug-likeness (QED) is 0.120. The molecule has 4 aliphatic carbocycles. The molecule has 326 valence electrons. The Labute approximate surface area is 361 Å². The number of ketones is 1. The third kappa shape index (κ3) is 7.12. The molecule has 1 aromatic heterocycles. The number of Topliss-reactive ketones (excluding diaryl/α,β-unsaturated/α-hetero) is 1. The number of aliphatic hydroxyl groups excluding tert-OH is 2. The minimum atomic E-state index is -1.75. The molecule has 13 unspecified atom stereocenters. The Balaban J connectivity index is 1.23. The minimum absolute atomic E-state index is 0.0224. The third-order valence-corrected chi connectivity index (χ3v) is 15.5. The first-order valence-corrected chi connectivity index (χ1v) is 22.1. The van der Waals surface area contributed by atoms with E-state index in [2.05, 4.69) is 36.5 Å². The summed E-state index contributed by atoms with van der Waals surface area (Å²) in [7, 11) is 1.62. The highest BCUT2D eigenvalue weighted by Gasteiger charge is 2.67. The van der Waals surface area contributed by atoms with E-state index in [0.717, 1.165) is 12.0 Å². The fourth-order valence-electron chi connectivity index (χ4n) is 11.6. The van der Waals surface area contributed by atoms with Crippen LogP contribution in [0.15, 0.2) is 65.0 Å². The molecule has 14 heteroatoms. The molecular weight excluding hydrogens is 811 g/mol. The van der Waals surface area contributed by atoms with Crippen molar-refractivity contribution in [3.63, 3.8) is 0 Å². The van der Waals surface area contributed by atoms with Crippen LogP contribution in [0.25, 0.3) is 0 Å². The highest BCUT2D eigenvalue weighted by Crippen LogP contribution is 2.61. The van der Waals surface area contributed by atoms with Crippen molar-refractivity contribution in [1.29, 1.82) is 0 Å². The first-order chi connectivity index (χ1) is 28.3. The maximum absolute atomic E-state index is 15.2. The molecule has 2 bridgehead atoms. The van der Waals surface area contributed by atoms with E-state index in [-0.39, 0.29) is 64.1 Å². The average Bonchev–Trinajstić information content (AvgIpc) is 3.60. The van der Waals surface area contributed by atoms with Crippen LogP contribution >= 0.6 is 23.2 Å². The van der Waals surface area contributed by atoms with Crippen LogP contribution in [0.4, 0.5) is 0 Å². The lowest BCUT2D eigenvalue weighted by Crippen LogP contribution is -2.58. The molecule has 4 N–H and O–H groups in total. The Kier molecular flexibility index (Phi) is 12.2. The van der Waals surface area contributed by atoms with Gasteiger partial charge in [-0.25, -0.2) is 9.59 Å². The Hall–Kier alpha value is -3.68. The lowest BCUT2D eigenvalue weighted by molar-refractivity contribution is -0.258. The predicted octanol–water partition coefficient (Wildman–Crippen LogP) is 7.98. The van der Waals surface area contributed by atoms with E-state index in [9.17, 15) is 29.7 Å². The summed E-state index contributed by atoms with van der Waals surface area (Å²) in [6.45, 7) is 11.4. The van der Waals surface area contributed by atoms with Crippen LogP contribution in [0, 0.1) is 40.4 Å². The number of aliphatic hydroxyl groups is 2. The SMILES string of the molecule is CCC1CC23OC(=O)/C(=C(\O)C4(CC)C(C=CC5C(OC6CC(O)C(NC(=O)c7c(Cl)cc(Cl)n7C)C(C)O6)C(C)CCC54)C/C=C/C/C(C)=C/C2(C)C=C1C(=O)O)C3=O. The van der Waals surface area contributed by atoms with Crippen molar-refractivity contribution in [3.8, 4) is 0 Å². The highest BCUT2D eigenvalue weighted by molar-refractivity contribution is 6.37. The minimum Gasteiger partial charge on any atom is -0.511 e. The Morgan fingerprint density at radius 1 is 1.10 bits per heavy atom. The predicted molar refractivity (Wildman–Crippen MR) is 225 cm³/mol. The molecule has 1 amide bonds. The maximum atomic E-state index is 15.2. The molecule has 2 saturated heterocycles. The summed E-state index contributed by atoms with van der Waals surface area (Å²) >= 11 is 12.5. The zero-order valence-corrected chi connectivity index (χ0v) is 36.9. The number of fused-ring (bicyclic) bond motifs is 4. The van der Waals surface area contributed by atoms with Crippen LogP contribution in [0.3, 0.4) is 0 Å². The van der Waals surface area contributed by atoms with Crippen molar-refractivity contribution in [2.45, 2.75) is 129 Å². The molecule has 1 saturated carbocycles. The zero-order valence-electron chi connectivity index (χ0n) is 35.4. The summed E-state index contributed by atoms with van der Waals surface area (Å²) in [5.41, 5.74) is -3.23. The van der Waals surface area contributed by atoms with E-state index in [0.29, 0.717) is 37.3 Å². The number of halogens is 2. The second-order valence-electron chi connectivity index (χ2n) is 18.2. The summed E-state index contributed by atoms with van der Waals surface area (Å²) in [5.74, 6) is -4.68. The molecule has 6 aliphatic rings. The number of carbonyl (C=O) groups is 4. The number of amides is 1. The summed E-state index contributed by atoms with van der Waals surface area (Å²) < 4.78 is 20.9. The number of carbonyl (C=O) groups excluding carboxylic acids is 3. The third-order valence-electron chi connectivity index (χ3n) is 14.8. The number of allylic oxidation sites excluding steroid dienone is 5. The van der Waals surface area contributed by atoms with E-state index in [4.69, 9.17) is 37.4 Å². The molecule has 12 nitrogen and oxygen atoms in total. The van der Waals surface area contributed by atoms with Crippen molar-refractivity contribution >= 4 is 46.8 Å². The highest BCUT2D eigenvalue weighted by atomic mass is 35.5. The largest absolute Gasteiger partial charge is 0.511 e. The van der Waals surface area contributed by atoms with E-state index in [1.54, 1.807) is 27.0 Å². The van der Waals surface area contributed by atoms with Crippen LogP contribution in [0.5, 0.6) is 0 Å². The summed E-state index contributed by atoms with van der Waals surface area (Å²) in [6.07, 6.45) is 12.3. The molecule has 7 rings (SSSR count). The van der Waals surface area contributed by atoms with E-state index in [1.165, 1.54) is 10.6 Å². The van der Waals surface area contributed by atoms with E-state index < -0.39 is 76.6 Å². The molecule has 3 heterocycles. The monoisotopic (exact) mass is 868 g/mol. The van der Waals surface area contributed by atoms with Crippen LogP contribution < -0.4 is 5.32 Å². The zero-order chi connectivity index (χ0) is 43.6. The summed E-state index contributed by atoms with van der Waals surface area (Å²) in [6, 6.07) is 0.722. The molecule has 0 radical (unpaired) electrons. The van der Waals surface area contributed by atoms with Gasteiger partial charge in [-0.2, -0.15) is 0 Å². The molecule has 60 heavy (non-hydrogen) atoms. The van der Waals surface area contributed by atoms with Gasteiger partial charge in [-0.3, -0.25) is 9.59 Å². The van der Waals surface area contributed by atoms with Gasteiger partial charge in [-0.05, 0) is 89.0 Å². The lowest BCUT2D eigenvalue weighted by atomic mass is 9.51.